The maximum atomic E-state index is 13.0. The van der Waals surface area contributed by atoms with Crippen LogP contribution >= 0.6 is 0 Å². The van der Waals surface area contributed by atoms with Gasteiger partial charge in [0, 0.05) is 0 Å². The quantitative estimate of drug-likeness (QED) is 0.637. The van der Waals surface area contributed by atoms with Crippen LogP contribution in [0.15, 0.2) is 53.7 Å². The normalized spacial score (nSPS) is 17.1. The van der Waals surface area contributed by atoms with Crippen LogP contribution < -0.4 is 10.6 Å². The number of carbonyl (C=O) groups excluding carboxylic acids is 4. The molecule has 9 nitrogen and oxygen atoms in total. The van der Waals surface area contributed by atoms with E-state index in [9.17, 15) is 19.2 Å². The van der Waals surface area contributed by atoms with Gasteiger partial charge in [-0.3, -0.25) is 9.69 Å². The maximum absolute atomic E-state index is 13.0. The number of hydrogen-bond acceptors (Lipinski definition) is 6. The van der Waals surface area contributed by atoms with Crippen LogP contribution in [0.1, 0.15) is 40.0 Å². The van der Waals surface area contributed by atoms with E-state index in [0.29, 0.717) is 11.3 Å². The zero-order valence-corrected chi connectivity index (χ0v) is 19.1. The third-order valence-electron chi connectivity index (χ3n) is 5.74. The SMILES string of the molecule is CCOC(=O)c1ccccc1NC(=O)CN1C(=O)N[C@H](c2cc(C)ccc2C)C2=C1COC2=O. The lowest BCUT2D eigenvalue weighted by atomic mass is 9.91. The summed E-state index contributed by atoms with van der Waals surface area (Å²) in [4.78, 5) is 51.9. The number of rotatable bonds is 6. The van der Waals surface area contributed by atoms with E-state index < -0.39 is 29.9 Å². The highest BCUT2D eigenvalue weighted by molar-refractivity contribution is 6.03. The topological polar surface area (TPSA) is 114 Å². The first-order valence-electron chi connectivity index (χ1n) is 10.9. The molecular formula is C25H25N3O6. The zero-order chi connectivity index (χ0) is 24.4. The number of benzene rings is 2. The van der Waals surface area contributed by atoms with E-state index in [1.54, 1.807) is 31.2 Å². The molecule has 2 aliphatic heterocycles. The van der Waals surface area contributed by atoms with Gasteiger partial charge in [0.2, 0.25) is 5.91 Å². The predicted octanol–water partition coefficient (Wildman–Crippen LogP) is 3.00. The Morgan fingerprint density at radius 1 is 1.18 bits per heavy atom. The number of para-hydroxylation sites is 1. The number of hydrogen-bond donors (Lipinski definition) is 2. The van der Waals surface area contributed by atoms with Gasteiger partial charge in [-0.15, -0.1) is 0 Å². The summed E-state index contributed by atoms with van der Waals surface area (Å²) >= 11 is 0. The van der Waals surface area contributed by atoms with Crippen molar-refractivity contribution in [3.05, 3.63) is 76.0 Å². The number of cyclic esters (lactones) is 1. The Kier molecular flexibility index (Phi) is 6.36. The molecule has 0 unspecified atom stereocenters. The summed E-state index contributed by atoms with van der Waals surface area (Å²) in [7, 11) is 0. The van der Waals surface area contributed by atoms with E-state index in [1.807, 2.05) is 32.0 Å². The smallest absolute Gasteiger partial charge is 0.340 e. The Bertz CT molecular complexity index is 1220. The van der Waals surface area contributed by atoms with E-state index in [1.165, 1.54) is 4.90 Å². The molecule has 0 aliphatic carbocycles. The van der Waals surface area contributed by atoms with Crippen molar-refractivity contribution in [1.82, 2.24) is 10.2 Å². The molecule has 0 radical (unpaired) electrons. The second-order valence-electron chi connectivity index (χ2n) is 8.08. The molecule has 2 aromatic carbocycles. The summed E-state index contributed by atoms with van der Waals surface area (Å²) in [6, 6.07) is 11.1. The number of amides is 3. The first-order chi connectivity index (χ1) is 16.3. The summed E-state index contributed by atoms with van der Waals surface area (Å²) in [5.74, 6) is -1.63. The molecule has 0 saturated heterocycles. The molecule has 2 aromatic rings. The van der Waals surface area contributed by atoms with Gasteiger partial charge in [-0.2, -0.15) is 0 Å². The molecule has 4 rings (SSSR count). The molecule has 0 fully saturated rings. The number of nitrogens with zero attached hydrogens (tertiary/aromatic N) is 1. The van der Waals surface area contributed by atoms with E-state index in [0.717, 1.165) is 16.7 Å². The fourth-order valence-electron chi connectivity index (χ4n) is 4.09. The van der Waals surface area contributed by atoms with Gasteiger partial charge in [-0.05, 0) is 44.0 Å². The van der Waals surface area contributed by atoms with Crippen molar-refractivity contribution in [2.24, 2.45) is 0 Å². The summed E-state index contributed by atoms with van der Waals surface area (Å²) in [6.45, 7) is 5.26. The molecule has 9 heteroatoms. The molecule has 176 valence electrons. The minimum Gasteiger partial charge on any atom is -0.462 e. The molecule has 0 saturated carbocycles. The number of esters is 2. The van der Waals surface area contributed by atoms with Gasteiger partial charge in [0.05, 0.1) is 35.2 Å². The number of anilines is 1. The molecule has 1 atom stereocenters. The molecule has 2 aliphatic rings. The Balaban J connectivity index is 1.60. The molecular weight excluding hydrogens is 438 g/mol. The van der Waals surface area contributed by atoms with Gasteiger partial charge in [0.15, 0.2) is 0 Å². The third-order valence-corrected chi connectivity index (χ3v) is 5.74. The average molecular weight is 463 g/mol. The van der Waals surface area contributed by atoms with Crippen LogP contribution in [0.5, 0.6) is 0 Å². The van der Waals surface area contributed by atoms with E-state index >= 15 is 0 Å². The fraction of sp³-hybridized carbons (Fsp3) is 0.280. The maximum Gasteiger partial charge on any atom is 0.340 e. The molecule has 0 spiro atoms. The van der Waals surface area contributed by atoms with Crippen molar-refractivity contribution in [3.63, 3.8) is 0 Å². The fourth-order valence-corrected chi connectivity index (χ4v) is 4.09. The van der Waals surface area contributed by atoms with Crippen LogP contribution in [0.3, 0.4) is 0 Å². The first kappa shape index (κ1) is 23.0. The summed E-state index contributed by atoms with van der Waals surface area (Å²) < 4.78 is 10.3. The van der Waals surface area contributed by atoms with Crippen molar-refractivity contribution in [2.75, 3.05) is 25.1 Å². The van der Waals surface area contributed by atoms with Crippen LogP contribution in [0.4, 0.5) is 10.5 Å². The van der Waals surface area contributed by atoms with E-state index in [-0.39, 0.29) is 31.0 Å². The highest BCUT2D eigenvalue weighted by Gasteiger charge is 2.43. The molecule has 0 bridgehead atoms. The number of nitrogens with one attached hydrogen (secondary N) is 2. The van der Waals surface area contributed by atoms with E-state index in [2.05, 4.69) is 10.6 Å². The van der Waals surface area contributed by atoms with Crippen molar-refractivity contribution < 1.29 is 28.7 Å². The zero-order valence-electron chi connectivity index (χ0n) is 19.1. The van der Waals surface area contributed by atoms with Gasteiger partial charge in [0.25, 0.3) is 0 Å². The van der Waals surface area contributed by atoms with Crippen molar-refractivity contribution in [2.45, 2.75) is 26.8 Å². The van der Waals surface area contributed by atoms with Crippen LogP contribution in [-0.4, -0.2) is 48.5 Å². The molecule has 0 aromatic heterocycles. The summed E-state index contributed by atoms with van der Waals surface area (Å²) in [5.41, 5.74) is 3.85. The largest absolute Gasteiger partial charge is 0.462 e. The van der Waals surface area contributed by atoms with Crippen molar-refractivity contribution in [1.29, 1.82) is 0 Å². The second kappa shape index (κ2) is 9.38. The lowest BCUT2D eigenvalue weighted by Gasteiger charge is -2.33. The first-order valence-corrected chi connectivity index (χ1v) is 10.9. The molecule has 2 N–H and O–H groups in total. The molecule has 2 heterocycles. The predicted molar refractivity (Wildman–Crippen MR) is 123 cm³/mol. The van der Waals surface area contributed by atoms with Crippen LogP contribution in [0.25, 0.3) is 0 Å². The monoisotopic (exact) mass is 463 g/mol. The minimum absolute atomic E-state index is 0.102. The molecule has 3 amide bonds. The Hall–Kier alpha value is -4.14. The van der Waals surface area contributed by atoms with Gasteiger partial charge in [-0.1, -0.05) is 35.9 Å². The summed E-state index contributed by atoms with van der Waals surface area (Å²) in [5, 5.41) is 5.50. The Morgan fingerprint density at radius 2 is 1.94 bits per heavy atom. The van der Waals surface area contributed by atoms with Gasteiger partial charge < -0.3 is 20.1 Å². The standard InChI is InChI=1S/C25H25N3O6/c1-4-33-23(30)16-7-5-6-8-18(16)26-20(29)12-28-19-13-34-24(31)21(19)22(27-25(28)32)17-11-14(2)9-10-15(17)3/h5-11,22H,4,12-13H2,1-3H3,(H,26,29)(H,27,32)/t22-/m1/s1. The second-order valence-corrected chi connectivity index (χ2v) is 8.08. The Labute approximate surface area is 196 Å². The highest BCUT2D eigenvalue weighted by atomic mass is 16.5. The lowest BCUT2D eigenvalue weighted by Crippen LogP contribution is -2.49. The van der Waals surface area contributed by atoms with Crippen LogP contribution in [0.2, 0.25) is 0 Å². The molecule has 34 heavy (non-hydrogen) atoms. The lowest BCUT2D eigenvalue weighted by molar-refractivity contribution is -0.136. The number of urea groups is 1. The third kappa shape index (κ3) is 4.36. The highest BCUT2D eigenvalue weighted by Crippen LogP contribution is 2.36. The number of carbonyl (C=O) groups is 4. The van der Waals surface area contributed by atoms with Crippen LogP contribution in [-0.2, 0) is 19.1 Å². The van der Waals surface area contributed by atoms with E-state index in [4.69, 9.17) is 9.47 Å². The van der Waals surface area contributed by atoms with Crippen molar-refractivity contribution in [3.8, 4) is 0 Å². The van der Waals surface area contributed by atoms with Gasteiger partial charge in [-0.25, -0.2) is 14.4 Å². The summed E-state index contributed by atoms with van der Waals surface area (Å²) in [6.07, 6.45) is 0. The number of ether oxygens (including phenoxy) is 2. The number of aryl methyl sites for hydroxylation is 2. The Morgan fingerprint density at radius 3 is 2.71 bits per heavy atom. The van der Waals surface area contributed by atoms with Gasteiger partial charge in [0.1, 0.15) is 13.2 Å². The average Bonchev–Trinajstić information content (AvgIpc) is 3.19. The minimum atomic E-state index is -0.666. The van der Waals surface area contributed by atoms with Crippen molar-refractivity contribution >= 4 is 29.6 Å². The van der Waals surface area contributed by atoms with Crippen LogP contribution in [0, 0.1) is 13.8 Å². The van der Waals surface area contributed by atoms with Gasteiger partial charge >= 0.3 is 18.0 Å².